The van der Waals surface area contributed by atoms with Crippen LogP contribution in [-0.4, -0.2) is 89.9 Å². The molecule has 0 spiro atoms. The number of amides is 4. The van der Waals surface area contributed by atoms with Crippen molar-refractivity contribution in [2.24, 2.45) is 17.4 Å². The Morgan fingerprint density at radius 1 is 1.14 bits per heavy atom. The molecule has 0 aliphatic carbocycles. The van der Waals surface area contributed by atoms with Gasteiger partial charge in [0.05, 0.1) is 18.6 Å². The normalized spacial score (nSPS) is 16.5. The average Bonchev–Trinajstić information content (AvgIpc) is 3.27. The molecule has 4 amide bonds. The third kappa shape index (κ3) is 15.5. The number of imide groups is 1. The van der Waals surface area contributed by atoms with E-state index in [-0.39, 0.29) is 36.8 Å². The Bertz CT molecular complexity index is 787. The lowest BCUT2D eigenvalue weighted by molar-refractivity contribution is -0.135. The highest BCUT2D eigenvalue weighted by molar-refractivity contribution is 6.01. The Morgan fingerprint density at radius 3 is 2.30 bits per heavy atom. The summed E-state index contributed by atoms with van der Waals surface area (Å²) >= 11 is 0. The van der Waals surface area contributed by atoms with Crippen LogP contribution in [0.2, 0.25) is 0 Å². The van der Waals surface area contributed by atoms with Gasteiger partial charge in [0.15, 0.2) is 5.96 Å². The van der Waals surface area contributed by atoms with E-state index >= 15 is 0 Å². The maximum Gasteiger partial charge on any atom is 0.300 e. The van der Waals surface area contributed by atoms with Crippen molar-refractivity contribution >= 4 is 35.6 Å². The first-order valence-corrected chi connectivity index (χ1v) is 12.5. The molecule has 10 N–H and O–H groups in total. The van der Waals surface area contributed by atoms with Crippen LogP contribution in [0.3, 0.4) is 0 Å². The standard InChI is InChI=1S/C21H40N8O4.C2H4O2/c1-4-29-10-6-8-16(29)20(33)26-12-17(30)28-19(32)15(7-5-9-25-21(23)24)27-18(31)14(22)11-13(2)3;1-2(3)4/h13-16H,4-12,22H2,1-3H3,(H,26,33)(H,27,31)(H4,23,24,25)(H,28,30,32);1H3,(H,3,4)/t14-,15-,16-;/m0./s1. The molecule has 0 unspecified atom stereocenters. The fourth-order valence-electron chi connectivity index (χ4n) is 3.75. The summed E-state index contributed by atoms with van der Waals surface area (Å²) in [4.78, 5) is 60.7. The lowest BCUT2D eigenvalue weighted by atomic mass is 10.0. The van der Waals surface area contributed by atoms with Crippen molar-refractivity contribution in [2.45, 2.75) is 77.9 Å². The Morgan fingerprint density at radius 2 is 1.76 bits per heavy atom. The molecule has 0 aromatic heterocycles. The van der Waals surface area contributed by atoms with E-state index < -0.39 is 35.8 Å². The molecule has 37 heavy (non-hydrogen) atoms. The number of carbonyl (C=O) groups excluding carboxylic acids is 4. The summed E-state index contributed by atoms with van der Waals surface area (Å²) < 4.78 is 0. The second kappa shape index (κ2) is 18.1. The van der Waals surface area contributed by atoms with E-state index in [2.05, 4.69) is 21.3 Å². The summed E-state index contributed by atoms with van der Waals surface area (Å²) in [5.74, 6) is -2.90. The van der Waals surface area contributed by atoms with Crippen LogP contribution in [-0.2, 0) is 24.0 Å². The highest BCUT2D eigenvalue weighted by Crippen LogP contribution is 2.16. The summed E-state index contributed by atoms with van der Waals surface area (Å²) in [6, 6.07) is -2.03. The zero-order chi connectivity index (χ0) is 28.5. The Labute approximate surface area is 218 Å². The Balaban J connectivity index is 0.00000300. The van der Waals surface area contributed by atoms with Gasteiger partial charge in [-0.05, 0) is 51.1 Å². The van der Waals surface area contributed by atoms with Gasteiger partial charge in [-0.25, -0.2) is 0 Å². The van der Waals surface area contributed by atoms with E-state index in [9.17, 15) is 19.2 Å². The van der Waals surface area contributed by atoms with Crippen molar-refractivity contribution in [1.82, 2.24) is 26.2 Å². The summed E-state index contributed by atoms with van der Waals surface area (Å²) in [6.45, 7) is 8.51. The van der Waals surface area contributed by atoms with Crippen molar-refractivity contribution in [2.75, 3.05) is 26.2 Å². The van der Waals surface area contributed by atoms with Gasteiger partial charge in [0.1, 0.15) is 6.04 Å². The molecule has 1 saturated heterocycles. The predicted molar refractivity (Wildman–Crippen MR) is 138 cm³/mol. The highest BCUT2D eigenvalue weighted by atomic mass is 16.4. The molecule has 14 nitrogen and oxygen atoms in total. The van der Waals surface area contributed by atoms with E-state index in [0.29, 0.717) is 19.4 Å². The number of nitrogens with zero attached hydrogens (tertiary/aromatic N) is 1. The lowest BCUT2D eigenvalue weighted by Gasteiger charge is -2.22. The Hall–Kier alpha value is -3.26. The molecule has 14 heteroatoms. The molecule has 1 rings (SSSR count). The molecule has 1 aliphatic rings. The first-order valence-electron chi connectivity index (χ1n) is 12.5. The first kappa shape index (κ1) is 33.7. The second-order valence-corrected chi connectivity index (χ2v) is 9.22. The van der Waals surface area contributed by atoms with Crippen LogP contribution in [0.15, 0.2) is 0 Å². The number of nitrogens with two attached hydrogens (primary N) is 2. The number of carbonyl (C=O) groups is 5. The SMILES string of the molecule is CC(=O)O.CCN1CCC[C@H]1C(=O)NCC(=O)NC(=O)[C@H](CCCNC(=N)N)NC(=O)[C@@H](N)CC(C)C. The number of carboxylic acid groups (broad SMARTS) is 1. The van der Waals surface area contributed by atoms with Gasteiger partial charge in [0, 0.05) is 13.5 Å². The van der Waals surface area contributed by atoms with E-state index in [1.807, 2.05) is 25.7 Å². The number of nitrogens with one attached hydrogen (secondary N) is 5. The fraction of sp³-hybridized carbons (Fsp3) is 0.739. The van der Waals surface area contributed by atoms with Crippen LogP contribution >= 0.6 is 0 Å². The minimum absolute atomic E-state index is 0.200. The molecule has 3 atom stereocenters. The zero-order valence-corrected chi connectivity index (χ0v) is 22.3. The molecule has 0 aromatic carbocycles. The second-order valence-electron chi connectivity index (χ2n) is 9.22. The number of likely N-dealkylation sites (N-methyl/N-ethyl adjacent to an activating group) is 1. The smallest absolute Gasteiger partial charge is 0.300 e. The van der Waals surface area contributed by atoms with Gasteiger partial charge >= 0.3 is 0 Å². The largest absolute Gasteiger partial charge is 0.481 e. The number of aliphatic carboxylic acids is 1. The van der Waals surface area contributed by atoms with Crippen molar-refractivity contribution in [3.63, 3.8) is 0 Å². The molecule has 0 radical (unpaired) electrons. The predicted octanol–water partition coefficient (Wildman–Crippen LogP) is -1.56. The minimum atomic E-state index is -0.991. The number of carboxylic acids is 1. The van der Waals surface area contributed by atoms with Crippen LogP contribution in [0.25, 0.3) is 0 Å². The third-order valence-corrected chi connectivity index (χ3v) is 5.44. The van der Waals surface area contributed by atoms with Crippen molar-refractivity contribution in [3.8, 4) is 0 Å². The van der Waals surface area contributed by atoms with Gasteiger partial charge in [-0.2, -0.15) is 0 Å². The Kier molecular flexibility index (Phi) is 16.5. The van der Waals surface area contributed by atoms with Gasteiger partial charge < -0.3 is 32.5 Å². The highest BCUT2D eigenvalue weighted by Gasteiger charge is 2.30. The van der Waals surface area contributed by atoms with Crippen molar-refractivity contribution in [1.29, 1.82) is 5.41 Å². The van der Waals surface area contributed by atoms with Crippen LogP contribution < -0.4 is 32.7 Å². The molecular formula is C23H44N8O6. The first-order chi connectivity index (χ1) is 17.3. The van der Waals surface area contributed by atoms with Gasteiger partial charge in [-0.15, -0.1) is 0 Å². The van der Waals surface area contributed by atoms with E-state index in [0.717, 1.165) is 32.9 Å². The fourth-order valence-corrected chi connectivity index (χ4v) is 3.75. The topological polar surface area (TPSA) is 233 Å². The molecule has 1 fully saturated rings. The van der Waals surface area contributed by atoms with Crippen molar-refractivity contribution in [3.05, 3.63) is 0 Å². The van der Waals surface area contributed by atoms with Gasteiger partial charge in [-0.3, -0.25) is 39.6 Å². The summed E-state index contributed by atoms with van der Waals surface area (Å²) in [5.41, 5.74) is 11.2. The third-order valence-electron chi connectivity index (χ3n) is 5.44. The molecule has 0 aromatic rings. The minimum Gasteiger partial charge on any atom is -0.481 e. The molecule has 212 valence electrons. The van der Waals surface area contributed by atoms with E-state index in [1.165, 1.54) is 0 Å². The quantitative estimate of drug-likeness (QED) is 0.0777. The average molecular weight is 529 g/mol. The zero-order valence-electron chi connectivity index (χ0n) is 22.3. The van der Waals surface area contributed by atoms with E-state index in [4.69, 9.17) is 26.8 Å². The maximum atomic E-state index is 12.7. The number of likely N-dealkylation sites (tertiary alicyclic amines) is 1. The molecular weight excluding hydrogens is 484 g/mol. The number of hydrogen-bond acceptors (Lipinski definition) is 8. The van der Waals surface area contributed by atoms with Gasteiger partial charge in [0.2, 0.25) is 23.6 Å². The number of rotatable bonds is 13. The molecule has 1 heterocycles. The molecule has 1 aliphatic heterocycles. The van der Waals surface area contributed by atoms with Crippen LogP contribution in [0.4, 0.5) is 0 Å². The van der Waals surface area contributed by atoms with Crippen LogP contribution in [0.5, 0.6) is 0 Å². The van der Waals surface area contributed by atoms with Crippen molar-refractivity contribution < 1.29 is 29.1 Å². The summed E-state index contributed by atoms with van der Waals surface area (Å²) in [6.07, 6.45) is 2.73. The van der Waals surface area contributed by atoms with E-state index in [1.54, 1.807) is 0 Å². The number of hydrogen-bond donors (Lipinski definition) is 8. The van der Waals surface area contributed by atoms with Crippen LogP contribution in [0.1, 0.15) is 59.8 Å². The van der Waals surface area contributed by atoms with Crippen LogP contribution in [0, 0.1) is 11.3 Å². The van der Waals surface area contributed by atoms with Gasteiger partial charge in [-0.1, -0.05) is 20.8 Å². The maximum absolute atomic E-state index is 12.7. The lowest BCUT2D eigenvalue weighted by Crippen LogP contribution is -2.54. The summed E-state index contributed by atoms with van der Waals surface area (Å²) in [7, 11) is 0. The monoisotopic (exact) mass is 528 g/mol. The summed E-state index contributed by atoms with van der Waals surface area (Å²) in [5, 5.41) is 24.6. The number of guanidine groups is 1. The molecule has 0 bridgehead atoms. The van der Waals surface area contributed by atoms with Gasteiger partial charge in [0.25, 0.3) is 5.97 Å². The molecule has 0 saturated carbocycles.